The molecule has 90 valence electrons. The van der Waals surface area contributed by atoms with Gasteiger partial charge in [0.05, 0.1) is 0 Å². The van der Waals surface area contributed by atoms with E-state index in [9.17, 15) is 4.79 Å². The highest BCUT2D eigenvalue weighted by atomic mass is 16.5. The van der Waals surface area contributed by atoms with Crippen LogP contribution in [0.1, 0.15) is 31.2 Å². The summed E-state index contributed by atoms with van der Waals surface area (Å²) < 4.78 is 5.49. The zero-order valence-corrected chi connectivity index (χ0v) is 9.86. The highest BCUT2D eigenvalue weighted by molar-refractivity contribution is 5.28. The fraction of sp³-hybridized carbons (Fsp3) is 0.333. The Labute approximate surface area is 98.8 Å². The smallest absolute Gasteiger partial charge is 0.340 e. The van der Waals surface area contributed by atoms with Crippen molar-refractivity contribution in [3.8, 4) is 5.75 Å². The van der Waals surface area contributed by atoms with E-state index in [1.165, 1.54) is 5.56 Å². The van der Waals surface area contributed by atoms with Crippen molar-refractivity contribution in [1.29, 1.82) is 0 Å². The lowest BCUT2D eigenvalue weighted by atomic mass is 10.0. The number of nitrogens with one attached hydrogen (secondary N) is 2. The molecule has 1 aromatic carbocycles. The number of rotatable bonds is 4. The van der Waals surface area contributed by atoms with Gasteiger partial charge in [0.2, 0.25) is 0 Å². The molecule has 17 heavy (non-hydrogen) atoms. The van der Waals surface area contributed by atoms with Crippen LogP contribution in [0, 0.1) is 0 Å². The Morgan fingerprint density at radius 2 is 2.00 bits per heavy atom. The Hall–Kier alpha value is -2.04. The quantitative estimate of drug-likeness (QED) is 0.845. The number of nitrogens with zero attached hydrogens (tertiary/aromatic N) is 1. The van der Waals surface area contributed by atoms with E-state index in [-0.39, 0.29) is 12.3 Å². The summed E-state index contributed by atoms with van der Waals surface area (Å²) in [6, 6.07) is 7.90. The molecule has 0 atom stereocenters. The van der Waals surface area contributed by atoms with Gasteiger partial charge in [-0.1, -0.05) is 26.0 Å². The first-order valence-electron chi connectivity index (χ1n) is 5.51. The van der Waals surface area contributed by atoms with Crippen molar-refractivity contribution < 1.29 is 4.74 Å². The first kappa shape index (κ1) is 11.4. The molecule has 0 aliphatic carbocycles. The lowest BCUT2D eigenvalue weighted by Gasteiger charge is -2.07. The van der Waals surface area contributed by atoms with Crippen LogP contribution in [-0.2, 0) is 6.61 Å². The topological polar surface area (TPSA) is 70.8 Å². The number of H-pyrrole nitrogens is 2. The average molecular weight is 233 g/mol. The summed E-state index contributed by atoms with van der Waals surface area (Å²) in [5.74, 6) is 1.76. The molecule has 0 saturated carbocycles. The van der Waals surface area contributed by atoms with Crippen LogP contribution in [0.15, 0.2) is 29.1 Å². The number of hydrogen-bond acceptors (Lipinski definition) is 3. The summed E-state index contributed by atoms with van der Waals surface area (Å²) in [6.45, 7) is 4.54. The van der Waals surface area contributed by atoms with Crippen molar-refractivity contribution in [2.75, 3.05) is 0 Å². The minimum atomic E-state index is -0.321. The van der Waals surface area contributed by atoms with E-state index in [1.54, 1.807) is 0 Å². The van der Waals surface area contributed by atoms with Crippen molar-refractivity contribution >= 4 is 0 Å². The zero-order chi connectivity index (χ0) is 12.3. The molecule has 0 bridgehead atoms. The summed E-state index contributed by atoms with van der Waals surface area (Å²) in [4.78, 5) is 13.3. The van der Waals surface area contributed by atoms with E-state index in [1.807, 2.05) is 24.3 Å². The van der Waals surface area contributed by atoms with Crippen molar-refractivity contribution in [1.82, 2.24) is 15.2 Å². The van der Waals surface area contributed by atoms with Gasteiger partial charge in [0.15, 0.2) is 5.82 Å². The second-order valence-electron chi connectivity index (χ2n) is 4.14. The first-order chi connectivity index (χ1) is 8.15. The summed E-state index contributed by atoms with van der Waals surface area (Å²) in [5.41, 5.74) is 0.948. The number of benzene rings is 1. The predicted molar refractivity (Wildman–Crippen MR) is 64.1 cm³/mol. The fourth-order valence-electron chi connectivity index (χ4n) is 1.47. The van der Waals surface area contributed by atoms with Gasteiger partial charge in [-0.2, -0.15) is 5.10 Å². The second-order valence-corrected chi connectivity index (χ2v) is 4.14. The number of aromatic nitrogens is 3. The van der Waals surface area contributed by atoms with Crippen LogP contribution >= 0.6 is 0 Å². The Kier molecular flexibility index (Phi) is 3.27. The maximum atomic E-state index is 10.8. The molecule has 2 aromatic rings. The van der Waals surface area contributed by atoms with Gasteiger partial charge in [0.1, 0.15) is 12.4 Å². The Bertz CT molecular complexity index is 525. The van der Waals surface area contributed by atoms with Crippen LogP contribution < -0.4 is 10.4 Å². The Morgan fingerprint density at radius 3 is 2.53 bits per heavy atom. The molecule has 0 amide bonds. The van der Waals surface area contributed by atoms with E-state index < -0.39 is 0 Å². The highest BCUT2D eigenvalue weighted by Gasteiger charge is 2.01. The third-order valence-corrected chi connectivity index (χ3v) is 2.47. The van der Waals surface area contributed by atoms with Gasteiger partial charge in [-0.15, -0.1) is 0 Å². The molecule has 0 fully saturated rings. The average Bonchev–Trinajstić information content (AvgIpc) is 2.73. The molecular weight excluding hydrogens is 218 g/mol. The minimum absolute atomic E-state index is 0.250. The molecule has 0 aliphatic rings. The second kappa shape index (κ2) is 4.86. The molecule has 1 heterocycles. The van der Waals surface area contributed by atoms with E-state index >= 15 is 0 Å². The lowest BCUT2D eigenvalue weighted by molar-refractivity contribution is 0.296. The van der Waals surface area contributed by atoms with Crippen LogP contribution in [0.4, 0.5) is 0 Å². The maximum Gasteiger partial charge on any atom is 0.340 e. The largest absolute Gasteiger partial charge is 0.486 e. The van der Waals surface area contributed by atoms with Crippen LogP contribution in [0.5, 0.6) is 5.75 Å². The molecule has 0 aliphatic heterocycles. The van der Waals surface area contributed by atoms with Crippen LogP contribution in [-0.4, -0.2) is 15.2 Å². The molecule has 0 spiro atoms. The van der Waals surface area contributed by atoms with E-state index in [0.29, 0.717) is 11.7 Å². The van der Waals surface area contributed by atoms with Gasteiger partial charge in [-0.3, -0.25) is 4.98 Å². The third kappa shape index (κ3) is 2.96. The molecule has 1 aromatic heterocycles. The van der Waals surface area contributed by atoms with Gasteiger partial charge >= 0.3 is 5.69 Å². The molecule has 5 heteroatoms. The molecular formula is C12H15N3O2. The summed E-state index contributed by atoms with van der Waals surface area (Å²) >= 11 is 0. The van der Waals surface area contributed by atoms with Gasteiger partial charge in [-0.05, 0) is 23.6 Å². The molecule has 0 radical (unpaired) electrons. The third-order valence-electron chi connectivity index (χ3n) is 2.47. The zero-order valence-electron chi connectivity index (χ0n) is 9.86. The van der Waals surface area contributed by atoms with Gasteiger partial charge in [0.25, 0.3) is 0 Å². The van der Waals surface area contributed by atoms with Crippen LogP contribution in [0.25, 0.3) is 0 Å². The summed E-state index contributed by atoms with van der Waals surface area (Å²) in [5, 5.41) is 6.05. The van der Waals surface area contributed by atoms with Gasteiger partial charge in [0, 0.05) is 0 Å². The normalized spacial score (nSPS) is 10.8. The monoisotopic (exact) mass is 233 g/mol. The van der Waals surface area contributed by atoms with Crippen molar-refractivity contribution in [2.24, 2.45) is 0 Å². The molecule has 2 N–H and O–H groups in total. The predicted octanol–water partition coefficient (Wildman–Crippen LogP) is 1.80. The molecule has 5 nitrogen and oxygen atoms in total. The van der Waals surface area contributed by atoms with Crippen molar-refractivity contribution in [2.45, 2.75) is 26.4 Å². The lowest BCUT2D eigenvalue weighted by Crippen LogP contribution is -2.03. The molecule has 0 saturated heterocycles. The first-order valence-corrected chi connectivity index (χ1v) is 5.51. The van der Waals surface area contributed by atoms with Crippen LogP contribution in [0.3, 0.4) is 0 Å². The van der Waals surface area contributed by atoms with E-state index in [2.05, 4.69) is 29.0 Å². The van der Waals surface area contributed by atoms with Gasteiger partial charge < -0.3 is 4.74 Å². The Balaban J connectivity index is 1.97. The molecule has 0 unspecified atom stereocenters. The minimum Gasteiger partial charge on any atom is -0.486 e. The van der Waals surface area contributed by atoms with Crippen LogP contribution in [0.2, 0.25) is 0 Å². The number of ether oxygens (including phenoxy) is 1. The Morgan fingerprint density at radius 1 is 1.29 bits per heavy atom. The maximum absolute atomic E-state index is 10.8. The standard InChI is InChI=1S/C12H15N3O2/c1-8(2)9-3-5-10(6-4-9)17-7-11-13-12(16)15-14-11/h3-6,8H,7H2,1-2H3,(H2,13,14,15,16). The van der Waals surface area contributed by atoms with Gasteiger partial charge in [-0.25, -0.2) is 9.89 Å². The van der Waals surface area contributed by atoms with Crippen molar-refractivity contribution in [3.05, 3.63) is 46.1 Å². The highest BCUT2D eigenvalue weighted by Crippen LogP contribution is 2.18. The summed E-state index contributed by atoms with van der Waals surface area (Å²) in [6.07, 6.45) is 0. The summed E-state index contributed by atoms with van der Waals surface area (Å²) in [7, 11) is 0. The number of aromatic amines is 2. The number of hydrogen-bond donors (Lipinski definition) is 2. The SMILES string of the molecule is CC(C)c1ccc(OCc2n[nH]c(=O)[nH]2)cc1. The molecule has 2 rings (SSSR count). The van der Waals surface area contributed by atoms with E-state index in [0.717, 1.165) is 5.75 Å². The van der Waals surface area contributed by atoms with Crippen molar-refractivity contribution in [3.63, 3.8) is 0 Å². The van der Waals surface area contributed by atoms with E-state index in [4.69, 9.17) is 4.74 Å². The fourth-order valence-corrected chi connectivity index (χ4v) is 1.47.